The molecule has 40 heavy (non-hydrogen) atoms. The maximum Gasteiger partial charge on any atom is 0.216 e. The van der Waals surface area contributed by atoms with E-state index in [9.17, 15) is 9.18 Å². The molecule has 0 saturated heterocycles. The summed E-state index contributed by atoms with van der Waals surface area (Å²) < 4.78 is 12.3. The molecule has 1 aliphatic heterocycles. The fourth-order valence-corrected chi connectivity index (χ4v) is 4.69. The molecule has 1 atom stereocenters. The Balaban J connectivity index is 0.000000230. The fraction of sp³-hybridized carbons (Fsp3) is 0.306. The van der Waals surface area contributed by atoms with Crippen molar-refractivity contribution in [2.45, 2.75) is 53.5 Å². The highest BCUT2D eigenvalue weighted by molar-refractivity contribution is 5.72. The van der Waals surface area contributed by atoms with Crippen molar-refractivity contribution in [3.8, 4) is 0 Å². The molecule has 1 aliphatic rings. The summed E-state index contributed by atoms with van der Waals surface area (Å²) in [6, 6.07) is 23.9. The minimum absolute atomic E-state index is 0.0357. The van der Waals surface area contributed by atoms with Crippen LogP contribution in [0, 0.1) is 26.6 Å². The van der Waals surface area contributed by atoms with Gasteiger partial charge in [-0.3, -0.25) is 9.69 Å². The lowest BCUT2D eigenvalue weighted by Crippen LogP contribution is -2.31. The van der Waals surface area contributed by atoms with Crippen molar-refractivity contribution in [3.63, 3.8) is 0 Å². The van der Waals surface area contributed by atoms with E-state index in [4.69, 9.17) is 0 Å². The minimum Gasteiger partial charge on any atom is -0.356 e. The Labute approximate surface area is 241 Å². The Morgan fingerprint density at radius 2 is 1.57 bits per heavy atom. The number of carbonyl (C=O) groups is 1. The molecule has 3 aromatic carbocycles. The molecule has 212 valence electrons. The van der Waals surface area contributed by atoms with Crippen molar-refractivity contribution in [3.05, 3.63) is 142 Å². The Kier molecular flexibility index (Phi) is 13.8. The molecule has 1 unspecified atom stereocenters. The summed E-state index contributed by atoms with van der Waals surface area (Å²) in [5.41, 5.74) is 8.81. The lowest BCUT2D eigenvalue weighted by molar-refractivity contribution is -0.118. The van der Waals surface area contributed by atoms with Gasteiger partial charge in [0.1, 0.15) is 5.82 Å². The molecule has 4 rings (SSSR count). The number of hydrogen-bond acceptors (Lipinski definition) is 2. The van der Waals surface area contributed by atoms with E-state index in [1.807, 2.05) is 24.3 Å². The first kappa shape index (κ1) is 32.5. The first-order valence-corrected chi connectivity index (χ1v) is 13.9. The summed E-state index contributed by atoms with van der Waals surface area (Å²) in [6.07, 6.45) is 8.38. The third kappa shape index (κ3) is 10.1. The monoisotopic (exact) mass is 540 g/mol. The second-order valence-electron chi connectivity index (χ2n) is 10.1. The number of benzene rings is 3. The van der Waals surface area contributed by atoms with Crippen LogP contribution in [-0.2, 0) is 11.2 Å². The summed E-state index contributed by atoms with van der Waals surface area (Å²) in [7, 11) is 2.21. The number of likely N-dealkylation sites (N-methyl/N-ethyl adjacent to an activating group) is 1. The SMILES string of the molecule is C=CC1=C(/C=C\C)C(c2ccccc2C)N(C)CC1.CC(=O)NCCc1ccccc1C.Cc1ccccc1F. The molecule has 0 aromatic heterocycles. The second kappa shape index (κ2) is 17.0. The summed E-state index contributed by atoms with van der Waals surface area (Å²) in [4.78, 5) is 13.0. The van der Waals surface area contributed by atoms with E-state index in [0.717, 1.165) is 25.9 Å². The molecule has 3 aromatic rings. The van der Waals surface area contributed by atoms with E-state index in [2.05, 4.69) is 93.2 Å². The quantitative estimate of drug-likeness (QED) is 0.341. The highest BCUT2D eigenvalue weighted by atomic mass is 19.1. The third-order valence-corrected chi connectivity index (χ3v) is 7.02. The van der Waals surface area contributed by atoms with Crippen molar-refractivity contribution in [1.82, 2.24) is 10.2 Å². The average molecular weight is 541 g/mol. The summed E-state index contributed by atoms with van der Waals surface area (Å²) >= 11 is 0. The van der Waals surface area contributed by atoms with E-state index in [-0.39, 0.29) is 11.7 Å². The van der Waals surface area contributed by atoms with Crippen LogP contribution in [0.1, 0.15) is 54.1 Å². The number of rotatable bonds is 6. The predicted molar refractivity (Wildman–Crippen MR) is 168 cm³/mol. The standard InChI is InChI=1S/C18H23N.C11H15NO.C7H7F/c1-5-9-17-15(6-2)12-13-19(4)18(17)16-11-8-7-10-14(16)3;1-9-5-3-4-6-11(9)7-8-12-10(2)13;1-6-4-2-3-5-7(6)8/h5-11,18H,2,12-13H2,1,3-4H3;3-6H,7-8H2,1-2H3,(H,12,13);2-5H,1H3/b9-5-;;. The zero-order valence-corrected chi connectivity index (χ0v) is 25.0. The molecule has 0 fully saturated rings. The van der Waals surface area contributed by atoms with E-state index in [1.165, 1.54) is 46.4 Å². The van der Waals surface area contributed by atoms with Gasteiger partial charge in [-0.1, -0.05) is 91.5 Å². The van der Waals surface area contributed by atoms with E-state index in [0.29, 0.717) is 11.6 Å². The van der Waals surface area contributed by atoms with Crippen LogP contribution in [-0.4, -0.2) is 30.9 Å². The van der Waals surface area contributed by atoms with Crippen LogP contribution >= 0.6 is 0 Å². The molecular formula is C36H45FN2O. The molecule has 0 radical (unpaired) electrons. The van der Waals surface area contributed by atoms with Crippen molar-refractivity contribution in [2.24, 2.45) is 0 Å². The fourth-order valence-electron chi connectivity index (χ4n) is 4.69. The number of nitrogens with zero attached hydrogens (tertiary/aromatic N) is 1. The van der Waals surface area contributed by atoms with Gasteiger partial charge in [-0.25, -0.2) is 4.39 Å². The molecule has 1 heterocycles. The second-order valence-corrected chi connectivity index (χ2v) is 10.1. The summed E-state index contributed by atoms with van der Waals surface area (Å²) in [5, 5.41) is 2.78. The van der Waals surface area contributed by atoms with Crippen LogP contribution in [0.15, 0.2) is 109 Å². The summed E-state index contributed by atoms with van der Waals surface area (Å²) in [5.74, 6) is -0.0962. The smallest absolute Gasteiger partial charge is 0.216 e. The van der Waals surface area contributed by atoms with Crippen molar-refractivity contribution in [2.75, 3.05) is 20.1 Å². The molecule has 1 amide bonds. The maximum absolute atomic E-state index is 12.3. The number of hydrogen-bond donors (Lipinski definition) is 1. The molecule has 0 aliphatic carbocycles. The topological polar surface area (TPSA) is 32.3 Å². The summed E-state index contributed by atoms with van der Waals surface area (Å²) in [6.45, 7) is 15.4. The molecule has 0 saturated carbocycles. The van der Waals surface area contributed by atoms with E-state index >= 15 is 0 Å². The van der Waals surface area contributed by atoms with Crippen LogP contribution < -0.4 is 5.32 Å². The first-order valence-electron chi connectivity index (χ1n) is 13.9. The van der Waals surface area contributed by atoms with Crippen LogP contribution in [0.5, 0.6) is 0 Å². The van der Waals surface area contributed by atoms with Gasteiger partial charge in [-0.2, -0.15) is 0 Å². The minimum atomic E-state index is -0.132. The van der Waals surface area contributed by atoms with Crippen LogP contribution in [0.3, 0.4) is 0 Å². The van der Waals surface area contributed by atoms with Gasteiger partial charge < -0.3 is 5.32 Å². The largest absolute Gasteiger partial charge is 0.356 e. The molecular weight excluding hydrogens is 495 g/mol. The van der Waals surface area contributed by atoms with Gasteiger partial charge in [0, 0.05) is 20.0 Å². The number of allylic oxidation sites excluding steroid dienone is 2. The predicted octanol–water partition coefficient (Wildman–Crippen LogP) is 8.24. The third-order valence-electron chi connectivity index (χ3n) is 7.02. The van der Waals surface area contributed by atoms with Gasteiger partial charge in [0.2, 0.25) is 5.91 Å². The number of nitrogens with one attached hydrogen (secondary N) is 1. The number of amides is 1. The van der Waals surface area contributed by atoms with E-state index < -0.39 is 0 Å². The Hall–Kier alpha value is -3.76. The Morgan fingerprint density at radius 1 is 0.975 bits per heavy atom. The Morgan fingerprint density at radius 3 is 2.10 bits per heavy atom. The van der Waals surface area contributed by atoms with E-state index in [1.54, 1.807) is 19.1 Å². The molecule has 3 nitrogen and oxygen atoms in total. The molecule has 4 heteroatoms. The lowest BCUT2D eigenvalue weighted by atomic mass is 9.86. The van der Waals surface area contributed by atoms with Crippen LogP contribution in [0.2, 0.25) is 0 Å². The van der Waals surface area contributed by atoms with Gasteiger partial charge in [-0.05, 0) is 92.6 Å². The lowest BCUT2D eigenvalue weighted by Gasteiger charge is -2.36. The highest BCUT2D eigenvalue weighted by Crippen LogP contribution is 2.37. The molecule has 0 spiro atoms. The van der Waals surface area contributed by atoms with Crippen LogP contribution in [0.4, 0.5) is 4.39 Å². The zero-order chi connectivity index (χ0) is 29.5. The van der Waals surface area contributed by atoms with Crippen molar-refractivity contribution >= 4 is 5.91 Å². The van der Waals surface area contributed by atoms with Gasteiger partial charge in [0.25, 0.3) is 0 Å². The average Bonchev–Trinajstić information content (AvgIpc) is 2.93. The van der Waals surface area contributed by atoms with Gasteiger partial charge in [0.15, 0.2) is 0 Å². The molecule has 1 N–H and O–H groups in total. The maximum atomic E-state index is 12.3. The van der Waals surface area contributed by atoms with Gasteiger partial charge >= 0.3 is 0 Å². The van der Waals surface area contributed by atoms with Crippen molar-refractivity contribution < 1.29 is 9.18 Å². The first-order chi connectivity index (χ1) is 19.2. The van der Waals surface area contributed by atoms with Crippen molar-refractivity contribution in [1.29, 1.82) is 0 Å². The number of carbonyl (C=O) groups excluding carboxylic acids is 1. The molecule has 0 bridgehead atoms. The van der Waals surface area contributed by atoms with Gasteiger partial charge in [0.05, 0.1) is 6.04 Å². The highest BCUT2D eigenvalue weighted by Gasteiger charge is 2.26. The number of halogens is 1. The van der Waals surface area contributed by atoms with Crippen LogP contribution in [0.25, 0.3) is 0 Å². The van der Waals surface area contributed by atoms with Gasteiger partial charge in [-0.15, -0.1) is 0 Å². The zero-order valence-electron chi connectivity index (χ0n) is 25.0. The normalized spacial score (nSPS) is 15.0. The Bertz CT molecular complexity index is 1290. The number of aryl methyl sites for hydroxylation is 3.